The highest BCUT2D eigenvalue weighted by molar-refractivity contribution is 5.94. The molecule has 1 aliphatic carbocycles. The third kappa shape index (κ3) is 3.97. The number of carbonyl (C=O) groups is 1. The van der Waals surface area contributed by atoms with E-state index in [-0.39, 0.29) is 11.5 Å². The van der Waals surface area contributed by atoms with Gasteiger partial charge in [-0.1, -0.05) is 11.2 Å². The van der Waals surface area contributed by atoms with E-state index in [1.807, 2.05) is 4.90 Å². The van der Waals surface area contributed by atoms with Gasteiger partial charge in [-0.2, -0.15) is 10.2 Å². The molecule has 1 atom stereocenters. The van der Waals surface area contributed by atoms with Crippen molar-refractivity contribution in [3.8, 4) is 6.07 Å². The van der Waals surface area contributed by atoms with E-state index in [0.717, 1.165) is 50.4 Å². The number of hydrogen-bond acceptors (Lipinski definition) is 6. The van der Waals surface area contributed by atoms with Gasteiger partial charge in [-0.05, 0) is 62.6 Å². The Bertz CT molecular complexity index is 967. The smallest absolute Gasteiger partial charge is 0.253 e. The van der Waals surface area contributed by atoms with E-state index in [0.29, 0.717) is 36.1 Å². The third-order valence-corrected chi connectivity index (χ3v) is 6.69. The lowest BCUT2D eigenvalue weighted by atomic mass is 9.78. The highest BCUT2D eigenvalue weighted by Gasteiger charge is 2.41. The van der Waals surface area contributed by atoms with Crippen LogP contribution < -0.4 is 0 Å². The monoisotopic (exact) mass is 406 g/mol. The number of carbonyl (C=O) groups excluding carboxylic acids is 1. The highest BCUT2D eigenvalue weighted by atomic mass is 16.5. The lowest BCUT2D eigenvalue weighted by Crippen LogP contribution is -2.51. The van der Waals surface area contributed by atoms with E-state index in [9.17, 15) is 4.79 Å². The fourth-order valence-electron chi connectivity index (χ4n) is 4.78. The number of ether oxygens (including phenoxy) is 1. The van der Waals surface area contributed by atoms with E-state index in [2.05, 4.69) is 16.2 Å². The number of nitriles is 1. The number of nitrogens with zero attached hydrogens (tertiary/aromatic N) is 4. The van der Waals surface area contributed by atoms with Crippen molar-refractivity contribution in [2.45, 2.75) is 56.5 Å². The van der Waals surface area contributed by atoms with Gasteiger partial charge in [0.1, 0.15) is 0 Å². The Morgan fingerprint density at radius 1 is 1.27 bits per heavy atom. The second-order valence-electron chi connectivity index (χ2n) is 8.90. The van der Waals surface area contributed by atoms with Gasteiger partial charge in [0.25, 0.3) is 5.91 Å². The van der Waals surface area contributed by atoms with E-state index in [4.69, 9.17) is 14.5 Å². The van der Waals surface area contributed by atoms with Crippen molar-refractivity contribution in [2.75, 3.05) is 19.7 Å². The molecule has 30 heavy (non-hydrogen) atoms. The Morgan fingerprint density at radius 2 is 2.10 bits per heavy atom. The Labute approximate surface area is 176 Å². The summed E-state index contributed by atoms with van der Waals surface area (Å²) in [7, 11) is 0. The Balaban J connectivity index is 1.19. The van der Waals surface area contributed by atoms with Gasteiger partial charge in [0.05, 0.1) is 17.2 Å². The van der Waals surface area contributed by atoms with Crippen LogP contribution in [0, 0.1) is 17.2 Å². The molecule has 7 nitrogen and oxygen atoms in total. The second kappa shape index (κ2) is 7.84. The first-order chi connectivity index (χ1) is 14.6. The molecular weight excluding hydrogens is 380 g/mol. The fraction of sp³-hybridized carbons (Fsp3) is 0.565. The molecule has 0 radical (unpaired) electrons. The van der Waals surface area contributed by atoms with Gasteiger partial charge < -0.3 is 14.2 Å². The molecular formula is C23H26N4O3. The van der Waals surface area contributed by atoms with Crippen molar-refractivity contribution in [3.63, 3.8) is 0 Å². The van der Waals surface area contributed by atoms with E-state index >= 15 is 0 Å². The number of piperidine rings is 1. The summed E-state index contributed by atoms with van der Waals surface area (Å²) in [5.74, 6) is 2.61. The number of rotatable bonds is 4. The maximum Gasteiger partial charge on any atom is 0.253 e. The SMILES string of the molecule is N#Cc1cccc(C(=O)N2CCC3(CC2)CC(Cc2nc(C4CC4)no2)CCO3)c1. The van der Waals surface area contributed by atoms with Crippen LogP contribution in [0.3, 0.4) is 0 Å². The molecule has 1 spiro atoms. The van der Waals surface area contributed by atoms with Crippen LogP contribution in [-0.4, -0.2) is 46.2 Å². The zero-order valence-corrected chi connectivity index (χ0v) is 17.0. The van der Waals surface area contributed by atoms with Crippen LogP contribution in [0.4, 0.5) is 0 Å². The lowest BCUT2D eigenvalue weighted by molar-refractivity contribution is -0.124. The minimum absolute atomic E-state index is 0.00669. The van der Waals surface area contributed by atoms with Crippen molar-refractivity contribution in [1.29, 1.82) is 5.26 Å². The summed E-state index contributed by atoms with van der Waals surface area (Å²) in [4.78, 5) is 19.3. The van der Waals surface area contributed by atoms with Crippen molar-refractivity contribution >= 4 is 5.91 Å². The number of amides is 1. The quantitative estimate of drug-likeness (QED) is 0.772. The first kappa shape index (κ1) is 19.3. The summed E-state index contributed by atoms with van der Waals surface area (Å²) in [5, 5.41) is 13.2. The van der Waals surface area contributed by atoms with Gasteiger partial charge in [-0.3, -0.25) is 4.79 Å². The molecule has 3 fully saturated rings. The third-order valence-electron chi connectivity index (χ3n) is 6.69. The molecule has 3 aliphatic rings. The zero-order chi connectivity index (χ0) is 20.6. The Morgan fingerprint density at radius 3 is 2.87 bits per heavy atom. The molecule has 3 heterocycles. The number of benzene rings is 1. The molecule has 5 rings (SSSR count). The lowest BCUT2D eigenvalue weighted by Gasteiger charge is -2.46. The maximum absolute atomic E-state index is 12.9. The normalized spacial score (nSPS) is 23.3. The summed E-state index contributed by atoms with van der Waals surface area (Å²) < 4.78 is 11.7. The van der Waals surface area contributed by atoms with Crippen molar-refractivity contribution in [1.82, 2.24) is 15.0 Å². The van der Waals surface area contributed by atoms with Crippen molar-refractivity contribution in [3.05, 3.63) is 47.1 Å². The molecule has 1 amide bonds. The molecule has 2 aromatic rings. The molecule has 1 unspecified atom stereocenters. The second-order valence-corrected chi connectivity index (χ2v) is 8.90. The van der Waals surface area contributed by atoms with Gasteiger partial charge in [0.2, 0.25) is 5.89 Å². The fourth-order valence-corrected chi connectivity index (χ4v) is 4.78. The summed E-state index contributed by atoms with van der Waals surface area (Å²) in [6, 6.07) is 9.02. The predicted molar refractivity (Wildman–Crippen MR) is 108 cm³/mol. The number of likely N-dealkylation sites (tertiary alicyclic amines) is 1. The summed E-state index contributed by atoms with van der Waals surface area (Å²) in [6.07, 6.45) is 6.82. The molecule has 156 valence electrons. The largest absolute Gasteiger partial charge is 0.375 e. The molecule has 7 heteroatoms. The predicted octanol–water partition coefficient (Wildman–Crippen LogP) is 3.46. The highest BCUT2D eigenvalue weighted by Crippen LogP contribution is 2.40. The minimum Gasteiger partial charge on any atom is -0.375 e. The van der Waals surface area contributed by atoms with Gasteiger partial charge in [0.15, 0.2) is 5.82 Å². The van der Waals surface area contributed by atoms with Crippen LogP contribution in [0.5, 0.6) is 0 Å². The average Bonchev–Trinajstić information content (AvgIpc) is 3.53. The van der Waals surface area contributed by atoms with Crippen LogP contribution in [0.15, 0.2) is 28.8 Å². The van der Waals surface area contributed by atoms with Gasteiger partial charge in [0, 0.05) is 37.6 Å². The zero-order valence-electron chi connectivity index (χ0n) is 17.0. The minimum atomic E-state index is -0.159. The standard InChI is InChI=1S/C23H26N4O3/c24-15-17-2-1-3-19(12-17)22(28)27-9-7-23(8-10-27)14-16(6-11-29-23)13-20-25-21(26-30-20)18-4-5-18/h1-3,12,16,18H,4-11,13-14H2. The van der Waals surface area contributed by atoms with Crippen molar-refractivity contribution in [2.24, 2.45) is 5.92 Å². The van der Waals surface area contributed by atoms with Crippen molar-refractivity contribution < 1.29 is 14.1 Å². The van der Waals surface area contributed by atoms with Crippen LogP contribution in [0.25, 0.3) is 0 Å². The molecule has 1 aromatic heterocycles. The summed E-state index contributed by atoms with van der Waals surface area (Å²) in [6.45, 7) is 2.09. The molecule has 1 saturated carbocycles. The van der Waals surface area contributed by atoms with Crippen LogP contribution in [0.1, 0.15) is 72.1 Å². The van der Waals surface area contributed by atoms with Gasteiger partial charge in [-0.15, -0.1) is 0 Å². The average molecular weight is 406 g/mol. The summed E-state index contributed by atoms with van der Waals surface area (Å²) in [5.41, 5.74) is 0.932. The van der Waals surface area contributed by atoms with E-state index in [1.165, 1.54) is 12.8 Å². The summed E-state index contributed by atoms with van der Waals surface area (Å²) >= 11 is 0. The van der Waals surface area contributed by atoms with Crippen LogP contribution >= 0.6 is 0 Å². The molecule has 2 aliphatic heterocycles. The first-order valence-corrected chi connectivity index (χ1v) is 10.9. The Hall–Kier alpha value is -2.72. The molecule has 2 saturated heterocycles. The topological polar surface area (TPSA) is 92.2 Å². The molecule has 1 aromatic carbocycles. The van der Waals surface area contributed by atoms with E-state index in [1.54, 1.807) is 24.3 Å². The maximum atomic E-state index is 12.9. The first-order valence-electron chi connectivity index (χ1n) is 10.9. The van der Waals surface area contributed by atoms with Crippen LogP contribution in [0.2, 0.25) is 0 Å². The van der Waals surface area contributed by atoms with E-state index < -0.39 is 0 Å². The van der Waals surface area contributed by atoms with Gasteiger partial charge >= 0.3 is 0 Å². The number of hydrogen-bond donors (Lipinski definition) is 0. The molecule has 0 bridgehead atoms. The number of aromatic nitrogens is 2. The van der Waals surface area contributed by atoms with Crippen LogP contribution in [-0.2, 0) is 11.2 Å². The van der Waals surface area contributed by atoms with Gasteiger partial charge in [-0.25, -0.2) is 0 Å². The molecule has 0 N–H and O–H groups in total. The Kier molecular flexibility index (Phi) is 5.03.